The van der Waals surface area contributed by atoms with Gasteiger partial charge < -0.3 is 14.7 Å². The monoisotopic (exact) mass is 573 g/mol. The van der Waals surface area contributed by atoms with Crippen LogP contribution in [0.4, 0.5) is 11.5 Å². The maximum Gasteiger partial charge on any atom is 0.170 e. The molecule has 1 saturated heterocycles. The minimum Gasteiger partial charge on any atom is -0.370 e. The first-order valence-corrected chi connectivity index (χ1v) is 15.8. The average molecular weight is 574 g/mol. The van der Waals surface area contributed by atoms with E-state index < -0.39 is 0 Å². The summed E-state index contributed by atoms with van der Waals surface area (Å²) in [5, 5.41) is 0. The van der Waals surface area contributed by atoms with Gasteiger partial charge in [-0.2, -0.15) is 0 Å². The van der Waals surface area contributed by atoms with Crippen LogP contribution < -0.4 is 9.80 Å². The summed E-state index contributed by atoms with van der Waals surface area (Å²) >= 11 is 0. The molecule has 7 heteroatoms. The molecule has 0 saturated carbocycles. The van der Waals surface area contributed by atoms with E-state index in [1.807, 2.05) is 12.1 Å². The summed E-state index contributed by atoms with van der Waals surface area (Å²) in [5.41, 5.74) is 8.00. The van der Waals surface area contributed by atoms with E-state index in [0.29, 0.717) is 0 Å². The number of nitrogens with zero attached hydrogens (tertiary/aromatic N) is 7. The molecule has 43 heavy (non-hydrogen) atoms. The number of anilines is 2. The Balaban J connectivity index is 1.14. The molecule has 0 radical (unpaired) electrons. The van der Waals surface area contributed by atoms with Gasteiger partial charge in [0.05, 0.1) is 0 Å². The van der Waals surface area contributed by atoms with Crippen LogP contribution in [-0.4, -0.2) is 70.2 Å². The van der Waals surface area contributed by atoms with Gasteiger partial charge in [-0.05, 0) is 82.4 Å². The van der Waals surface area contributed by atoms with Crippen molar-refractivity contribution in [3.8, 4) is 17.1 Å². The molecule has 5 aromatic rings. The Hall–Kier alpha value is -4.23. The highest BCUT2D eigenvalue weighted by Gasteiger charge is 2.21. The molecular formula is C36H43N7. The Morgan fingerprint density at radius 3 is 2.37 bits per heavy atom. The van der Waals surface area contributed by atoms with Crippen LogP contribution in [0.3, 0.4) is 0 Å². The lowest BCUT2D eigenvalue weighted by atomic mass is 10.1. The highest BCUT2D eigenvalue weighted by Crippen LogP contribution is 2.31. The third kappa shape index (κ3) is 6.27. The summed E-state index contributed by atoms with van der Waals surface area (Å²) in [5.74, 6) is 1.80. The summed E-state index contributed by atoms with van der Waals surface area (Å²) in [6, 6.07) is 27.4. The van der Waals surface area contributed by atoms with E-state index in [1.54, 1.807) is 6.33 Å². The molecule has 7 nitrogen and oxygen atoms in total. The lowest BCUT2D eigenvalue weighted by molar-refractivity contribution is 0.287. The number of aryl methyl sites for hydroxylation is 1. The second kappa shape index (κ2) is 13.4. The predicted octanol–water partition coefficient (Wildman–Crippen LogP) is 6.92. The fourth-order valence-corrected chi connectivity index (χ4v) is 6.28. The minimum atomic E-state index is 0.839. The Morgan fingerprint density at radius 2 is 1.58 bits per heavy atom. The molecule has 222 valence electrons. The molecule has 1 aliphatic rings. The number of benzene rings is 3. The SMILES string of the molecule is CCN(CCCCN1CCCN(c2cccc(C)c2C)CC1)c1ncnc2c1nc(-c1ccccc1)n2-c1ccccc1. The third-order valence-corrected chi connectivity index (χ3v) is 8.81. The Kier molecular flexibility index (Phi) is 8.99. The molecule has 0 bridgehead atoms. The van der Waals surface area contributed by atoms with Gasteiger partial charge in [0.1, 0.15) is 12.2 Å². The Morgan fingerprint density at radius 1 is 0.791 bits per heavy atom. The van der Waals surface area contributed by atoms with Gasteiger partial charge in [-0.25, -0.2) is 15.0 Å². The smallest absolute Gasteiger partial charge is 0.170 e. The van der Waals surface area contributed by atoms with Crippen LogP contribution >= 0.6 is 0 Å². The number of rotatable bonds is 10. The summed E-state index contributed by atoms with van der Waals surface area (Å²) in [7, 11) is 0. The van der Waals surface area contributed by atoms with E-state index in [-0.39, 0.29) is 0 Å². The second-order valence-corrected chi connectivity index (χ2v) is 11.5. The molecule has 1 fully saturated rings. The zero-order chi connectivity index (χ0) is 29.6. The number of hydrogen-bond donors (Lipinski definition) is 0. The molecule has 3 heterocycles. The van der Waals surface area contributed by atoms with Gasteiger partial charge in [0.25, 0.3) is 0 Å². The van der Waals surface area contributed by atoms with Gasteiger partial charge in [-0.15, -0.1) is 0 Å². The number of unbranched alkanes of at least 4 members (excludes halogenated alkanes) is 1. The van der Waals surface area contributed by atoms with Gasteiger partial charge in [0, 0.05) is 49.7 Å². The van der Waals surface area contributed by atoms with Crippen LogP contribution in [0.25, 0.3) is 28.2 Å². The quantitative estimate of drug-likeness (QED) is 0.169. The van der Waals surface area contributed by atoms with E-state index in [2.05, 4.69) is 107 Å². The van der Waals surface area contributed by atoms with E-state index in [1.165, 1.54) is 36.2 Å². The second-order valence-electron chi connectivity index (χ2n) is 11.5. The first-order chi connectivity index (χ1) is 21.1. The third-order valence-electron chi connectivity index (χ3n) is 8.81. The fourth-order valence-electron chi connectivity index (χ4n) is 6.28. The molecule has 6 rings (SSSR count). The molecule has 0 atom stereocenters. The maximum absolute atomic E-state index is 5.17. The van der Waals surface area contributed by atoms with Gasteiger partial charge in [-0.3, -0.25) is 4.57 Å². The number of para-hydroxylation sites is 1. The highest BCUT2D eigenvalue weighted by molar-refractivity contribution is 5.88. The van der Waals surface area contributed by atoms with Crippen LogP contribution in [0.5, 0.6) is 0 Å². The number of aromatic nitrogens is 4. The van der Waals surface area contributed by atoms with Crippen molar-refractivity contribution < 1.29 is 0 Å². The predicted molar refractivity (Wildman–Crippen MR) is 178 cm³/mol. The van der Waals surface area contributed by atoms with E-state index in [0.717, 1.165) is 79.7 Å². The molecule has 2 aromatic heterocycles. The van der Waals surface area contributed by atoms with Crippen molar-refractivity contribution in [1.82, 2.24) is 24.4 Å². The van der Waals surface area contributed by atoms with Crippen molar-refractivity contribution in [3.05, 3.63) is 96.3 Å². The first-order valence-electron chi connectivity index (χ1n) is 15.8. The summed E-state index contributed by atoms with van der Waals surface area (Å²) in [6.45, 7) is 14.2. The molecule has 0 amide bonds. The van der Waals surface area contributed by atoms with Crippen molar-refractivity contribution in [2.75, 3.05) is 55.6 Å². The van der Waals surface area contributed by atoms with Gasteiger partial charge >= 0.3 is 0 Å². The average Bonchev–Trinajstić information content (AvgIpc) is 3.29. The van der Waals surface area contributed by atoms with E-state index in [4.69, 9.17) is 15.0 Å². The van der Waals surface area contributed by atoms with Crippen LogP contribution in [0.1, 0.15) is 37.3 Å². The normalized spacial score (nSPS) is 14.3. The van der Waals surface area contributed by atoms with Crippen LogP contribution in [0.2, 0.25) is 0 Å². The zero-order valence-electron chi connectivity index (χ0n) is 25.8. The number of imidazole rings is 1. The molecular weight excluding hydrogens is 530 g/mol. The minimum absolute atomic E-state index is 0.839. The Labute approximate surface area is 255 Å². The zero-order valence-corrected chi connectivity index (χ0v) is 25.8. The molecule has 3 aromatic carbocycles. The molecule has 1 aliphatic heterocycles. The number of fused-ring (bicyclic) bond motifs is 1. The standard InChI is InChI=1S/C36H43N7/c1-4-41(23-12-11-21-40-22-14-24-42(26-25-40)32-20-13-15-28(2)29(32)3)35-33-36(38-27-37-35)43(31-18-9-6-10-19-31)34(39-33)30-16-7-5-8-17-30/h5-10,13,15-20,27H,4,11-12,14,21-26H2,1-3H3. The van der Waals surface area contributed by atoms with E-state index in [9.17, 15) is 0 Å². The topological polar surface area (TPSA) is 53.3 Å². The van der Waals surface area contributed by atoms with Gasteiger partial charge in [0.2, 0.25) is 0 Å². The summed E-state index contributed by atoms with van der Waals surface area (Å²) < 4.78 is 2.16. The van der Waals surface area contributed by atoms with Crippen LogP contribution in [-0.2, 0) is 0 Å². The molecule has 0 aliphatic carbocycles. The summed E-state index contributed by atoms with van der Waals surface area (Å²) in [4.78, 5) is 22.3. The van der Waals surface area contributed by atoms with Crippen molar-refractivity contribution in [2.45, 2.75) is 40.0 Å². The Bertz CT molecular complexity index is 1630. The van der Waals surface area contributed by atoms with Crippen molar-refractivity contribution in [3.63, 3.8) is 0 Å². The molecule has 0 unspecified atom stereocenters. The molecule has 0 spiro atoms. The van der Waals surface area contributed by atoms with Crippen LogP contribution in [0.15, 0.2) is 85.2 Å². The van der Waals surface area contributed by atoms with Crippen molar-refractivity contribution in [1.29, 1.82) is 0 Å². The maximum atomic E-state index is 5.17. The lowest BCUT2D eigenvalue weighted by Crippen LogP contribution is -2.32. The van der Waals surface area contributed by atoms with Crippen molar-refractivity contribution in [2.24, 2.45) is 0 Å². The van der Waals surface area contributed by atoms with Gasteiger partial charge in [0.15, 0.2) is 17.0 Å². The van der Waals surface area contributed by atoms with Gasteiger partial charge in [-0.1, -0.05) is 60.7 Å². The summed E-state index contributed by atoms with van der Waals surface area (Å²) in [6.07, 6.45) is 5.18. The van der Waals surface area contributed by atoms with Crippen LogP contribution in [0, 0.1) is 13.8 Å². The lowest BCUT2D eigenvalue weighted by Gasteiger charge is -2.26. The largest absolute Gasteiger partial charge is 0.370 e. The van der Waals surface area contributed by atoms with E-state index >= 15 is 0 Å². The molecule has 0 N–H and O–H groups in total. The first kappa shape index (κ1) is 28.9. The fraction of sp³-hybridized carbons (Fsp3) is 0.361. The number of hydrogen-bond acceptors (Lipinski definition) is 6. The highest BCUT2D eigenvalue weighted by atomic mass is 15.2. The van der Waals surface area contributed by atoms with Crippen molar-refractivity contribution >= 4 is 22.7 Å².